The molecular weight excluding hydrogens is 278 g/mol. The number of carbonyl (C=O) groups is 2. The van der Waals surface area contributed by atoms with Crippen LogP contribution < -0.4 is 10.6 Å². The van der Waals surface area contributed by atoms with E-state index in [0.29, 0.717) is 17.3 Å². The van der Waals surface area contributed by atoms with Gasteiger partial charge in [-0.25, -0.2) is 0 Å². The molecule has 2 N–H and O–H groups in total. The van der Waals surface area contributed by atoms with E-state index >= 15 is 0 Å². The lowest BCUT2D eigenvalue weighted by Crippen LogP contribution is -2.11. The highest BCUT2D eigenvalue weighted by Crippen LogP contribution is 2.25. The molecule has 1 aromatic rings. The zero-order valence-electron chi connectivity index (χ0n) is 12.3. The molecule has 1 aliphatic rings. The summed E-state index contributed by atoms with van der Waals surface area (Å²) in [4.78, 5) is 23.2. The van der Waals surface area contributed by atoms with Crippen molar-refractivity contribution in [2.24, 2.45) is 5.92 Å². The van der Waals surface area contributed by atoms with Crippen molar-refractivity contribution in [3.8, 4) is 6.07 Å². The van der Waals surface area contributed by atoms with Crippen LogP contribution >= 0.6 is 0 Å². The first-order chi connectivity index (χ1) is 10.7. The van der Waals surface area contributed by atoms with E-state index in [1.807, 2.05) is 6.08 Å². The molecule has 0 heterocycles. The van der Waals surface area contributed by atoms with Crippen molar-refractivity contribution in [2.75, 3.05) is 10.6 Å². The van der Waals surface area contributed by atoms with Crippen molar-refractivity contribution >= 4 is 23.2 Å². The van der Waals surface area contributed by atoms with Gasteiger partial charge in [0, 0.05) is 11.4 Å². The SMILES string of the molecule is N#CCC(=O)Nc1cccc(NC(=O)/C=C/C2CCCC2)c1. The molecule has 0 aromatic heterocycles. The minimum absolute atomic E-state index is 0.174. The van der Waals surface area contributed by atoms with Crippen LogP contribution in [0.4, 0.5) is 11.4 Å². The maximum absolute atomic E-state index is 11.9. The molecule has 1 saturated carbocycles. The number of anilines is 2. The van der Waals surface area contributed by atoms with Gasteiger partial charge in [-0.2, -0.15) is 5.26 Å². The minimum Gasteiger partial charge on any atom is -0.325 e. The first kappa shape index (κ1) is 15.8. The molecule has 0 saturated heterocycles. The van der Waals surface area contributed by atoms with Gasteiger partial charge in [-0.3, -0.25) is 9.59 Å². The van der Waals surface area contributed by atoms with E-state index in [-0.39, 0.29) is 18.2 Å². The summed E-state index contributed by atoms with van der Waals surface area (Å²) in [6.45, 7) is 0. The number of hydrogen-bond donors (Lipinski definition) is 2. The highest BCUT2D eigenvalue weighted by atomic mass is 16.2. The summed E-state index contributed by atoms with van der Waals surface area (Å²) in [6.07, 6.45) is 8.15. The number of benzene rings is 1. The third kappa shape index (κ3) is 5.06. The van der Waals surface area contributed by atoms with E-state index in [0.717, 1.165) is 12.8 Å². The van der Waals surface area contributed by atoms with Gasteiger partial charge in [0.05, 0.1) is 6.07 Å². The van der Waals surface area contributed by atoms with Crippen molar-refractivity contribution < 1.29 is 9.59 Å². The highest BCUT2D eigenvalue weighted by Gasteiger charge is 2.11. The second-order valence-electron chi connectivity index (χ2n) is 5.36. The standard InChI is InChI=1S/C17H19N3O2/c18-11-10-17(22)20-15-7-3-6-14(12-15)19-16(21)9-8-13-4-1-2-5-13/h3,6-9,12-13H,1-2,4-5,10H2,(H,19,21)(H,20,22)/b9-8+. The molecule has 0 aliphatic heterocycles. The van der Waals surface area contributed by atoms with Crippen LogP contribution in [0, 0.1) is 17.2 Å². The van der Waals surface area contributed by atoms with Gasteiger partial charge in [-0.15, -0.1) is 0 Å². The molecule has 1 fully saturated rings. The molecule has 1 aliphatic carbocycles. The number of amides is 2. The molecule has 0 radical (unpaired) electrons. The van der Waals surface area contributed by atoms with E-state index in [2.05, 4.69) is 10.6 Å². The summed E-state index contributed by atoms with van der Waals surface area (Å²) in [5.41, 5.74) is 1.16. The maximum atomic E-state index is 11.9. The van der Waals surface area contributed by atoms with E-state index in [4.69, 9.17) is 5.26 Å². The van der Waals surface area contributed by atoms with Crippen molar-refractivity contribution in [3.05, 3.63) is 36.4 Å². The van der Waals surface area contributed by atoms with Crippen molar-refractivity contribution in [2.45, 2.75) is 32.1 Å². The molecule has 2 rings (SSSR count). The predicted molar refractivity (Wildman–Crippen MR) is 85.0 cm³/mol. The summed E-state index contributed by atoms with van der Waals surface area (Å²) in [6, 6.07) is 8.64. The maximum Gasteiger partial charge on any atom is 0.248 e. The third-order valence-corrected chi connectivity index (χ3v) is 3.57. The van der Waals surface area contributed by atoms with Crippen LogP contribution in [0.5, 0.6) is 0 Å². The monoisotopic (exact) mass is 297 g/mol. The fourth-order valence-electron chi connectivity index (χ4n) is 2.51. The third-order valence-electron chi connectivity index (χ3n) is 3.57. The molecule has 0 atom stereocenters. The molecule has 0 bridgehead atoms. The Morgan fingerprint density at radius 2 is 1.91 bits per heavy atom. The van der Waals surface area contributed by atoms with E-state index < -0.39 is 0 Å². The number of rotatable bonds is 5. The van der Waals surface area contributed by atoms with Crippen LogP contribution in [0.25, 0.3) is 0 Å². The Hall–Kier alpha value is -2.61. The van der Waals surface area contributed by atoms with E-state index in [9.17, 15) is 9.59 Å². The van der Waals surface area contributed by atoms with Gasteiger partial charge in [0.1, 0.15) is 6.42 Å². The van der Waals surface area contributed by atoms with Crippen LogP contribution in [-0.2, 0) is 9.59 Å². The number of carbonyl (C=O) groups excluding carboxylic acids is 2. The zero-order chi connectivity index (χ0) is 15.8. The summed E-state index contributed by atoms with van der Waals surface area (Å²) < 4.78 is 0. The van der Waals surface area contributed by atoms with Crippen molar-refractivity contribution in [1.82, 2.24) is 0 Å². The van der Waals surface area contributed by atoms with Crippen LogP contribution in [0.2, 0.25) is 0 Å². The Morgan fingerprint density at radius 3 is 2.59 bits per heavy atom. The lowest BCUT2D eigenvalue weighted by Gasteiger charge is -2.07. The normalized spacial score (nSPS) is 14.7. The van der Waals surface area contributed by atoms with E-state index in [1.165, 1.54) is 12.8 Å². The average molecular weight is 297 g/mol. The van der Waals surface area contributed by atoms with Gasteiger partial charge < -0.3 is 10.6 Å². The number of nitriles is 1. The van der Waals surface area contributed by atoms with E-state index in [1.54, 1.807) is 36.4 Å². The molecule has 5 nitrogen and oxygen atoms in total. The molecule has 2 amide bonds. The van der Waals surface area contributed by atoms with Crippen LogP contribution in [-0.4, -0.2) is 11.8 Å². The second-order valence-corrected chi connectivity index (χ2v) is 5.36. The highest BCUT2D eigenvalue weighted by molar-refractivity contribution is 6.00. The van der Waals surface area contributed by atoms with Gasteiger partial charge in [-0.05, 0) is 43.0 Å². The Morgan fingerprint density at radius 1 is 1.23 bits per heavy atom. The molecule has 1 aromatic carbocycles. The van der Waals surface area contributed by atoms with Gasteiger partial charge in [0.25, 0.3) is 0 Å². The number of nitrogens with one attached hydrogen (secondary N) is 2. The molecular formula is C17H19N3O2. The molecule has 0 unspecified atom stereocenters. The fourth-order valence-corrected chi connectivity index (χ4v) is 2.51. The smallest absolute Gasteiger partial charge is 0.248 e. The number of nitrogens with zero attached hydrogens (tertiary/aromatic N) is 1. The Labute approximate surface area is 130 Å². The molecule has 22 heavy (non-hydrogen) atoms. The average Bonchev–Trinajstić information content (AvgIpc) is 2.99. The number of allylic oxidation sites excluding steroid dienone is 1. The summed E-state index contributed by atoms with van der Waals surface area (Å²) in [5.74, 6) is -0.0261. The number of hydrogen-bond acceptors (Lipinski definition) is 3. The Balaban J connectivity index is 1.90. The first-order valence-electron chi connectivity index (χ1n) is 7.43. The zero-order valence-corrected chi connectivity index (χ0v) is 12.3. The van der Waals surface area contributed by atoms with Gasteiger partial charge in [0.2, 0.25) is 11.8 Å². The lowest BCUT2D eigenvalue weighted by atomic mass is 10.1. The first-order valence-corrected chi connectivity index (χ1v) is 7.43. The van der Waals surface area contributed by atoms with Gasteiger partial charge in [0.15, 0.2) is 0 Å². The van der Waals surface area contributed by atoms with Crippen LogP contribution in [0.3, 0.4) is 0 Å². The largest absolute Gasteiger partial charge is 0.325 e. The lowest BCUT2D eigenvalue weighted by molar-refractivity contribution is -0.115. The minimum atomic E-state index is -0.368. The summed E-state index contributed by atoms with van der Waals surface area (Å²) in [7, 11) is 0. The van der Waals surface area contributed by atoms with Crippen LogP contribution in [0.1, 0.15) is 32.1 Å². The Kier molecular flexibility index (Phi) is 5.73. The molecule has 114 valence electrons. The van der Waals surface area contributed by atoms with Gasteiger partial charge in [-0.1, -0.05) is 25.0 Å². The van der Waals surface area contributed by atoms with Gasteiger partial charge >= 0.3 is 0 Å². The van der Waals surface area contributed by atoms with Crippen molar-refractivity contribution in [1.29, 1.82) is 5.26 Å². The topological polar surface area (TPSA) is 82.0 Å². The quantitative estimate of drug-likeness (QED) is 0.819. The second kappa shape index (κ2) is 7.99. The summed E-state index contributed by atoms with van der Waals surface area (Å²) in [5, 5.41) is 13.8. The van der Waals surface area contributed by atoms with Crippen molar-refractivity contribution in [3.63, 3.8) is 0 Å². The summed E-state index contributed by atoms with van der Waals surface area (Å²) >= 11 is 0. The molecule has 0 spiro atoms. The van der Waals surface area contributed by atoms with Crippen LogP contribution in [0.15, 0.2) is 36.4 Å². The predicted octanol–water partition coefficient (Wildman–Crippen LogP) is 3.22. The Bertz CT molecular complexity index is 611. The fraction of sp³-hybridized carbons (Fsp3) is 0.353. The molecule has 5 heteroatoms.